The van der Waals surface area contributed by atoms with Crippen molar-refractivity contribution in [1.82, 2.24) is 19.6 Å². The van der Waals surface area contributed by atoms with Gasteiger partial charge in [0.1, 0.15) is 0 Å². The van der Waals surface area contributed by atoms with Gasteiger partial charge in [-0.15, -0.1) is 0 Å². The van der Waals surface area contributed by atoms with Gasteiger partial charge in [0.25, 0.3) is 0 Å². The van der Waals surface area contributed by atoms with Gasteiger partial charge in [-0.3, -0.25) is 14.2 Å². The van der Waals surface area contributed by atoms with Crippen molar-refractivity contribution in [2.45, 2.75) is 64.5 Å². The number of halogens is 7. The van der Waals surface area contributed by atoms with Crippen molar-refractivity contribution in [3.63, 3.8) is 0 Å². The van der Waals surface area contributed by atoms with Gasteiger partial charge >= 0.3 is 12.4 Å². The number of rotatable bonds is 7. The number of aromatic nitrogens is 4. The Kier molecular flexibility index (Phi) is 6.84. The van der Waals surface area contributed by atoms with Crippen molar-refractivity contribution in [1.29, 1.82) is 0 Å². The summed E-state index contributed by atoms with van der Waals surface area (Å²) in [5, 5.41) is 10.2. The monoisotopic (exact) mass is 533 g/mol. The molecule has 1 saturated carbocycles. The van der Waals surface area contributed by atoms with Gasteiger partial charge < -0.3 is 5.32 Å². The number of nitrogens with one attached hydrogen (secondary N) is 1. The molecule has 0 atom stereocenters. The zero-order chi connectivity index (χ0) is 26.4. The number of alkyl halides is 6. The van der Waals surface area contributed by atoms with E-state index in [1.54, 1.807) is 19.9 Å². The van der Waals surface area contributed by atoms with E-state index >= 15 is 0 Å². The lowest BCUT2D eigenvalue weighted by Gasteiger charge is -2.10. The molecule has 13 heteroatoms. The van der Waals surface area contributed by atoms with Crippen molar-refractivity contribution in [3.8, 4) is 0 Å². The summed E-state index contributed by atoms with van der Waals surface area (Å²) in [7, 11) is 0. The molecule has 1 aliphatic carbocycles. The lowest BCUT2D eigenvalue weighted by molar-refractivity contribution is -0.141. The summed E-state index contributed by atoms with van der Waals surface area (Å²) in [6.07, 6.45) is -7.91. The van der Waals surface area contributed by atoms with Gasteiger partial charge in [-0.2, -0.15) is 36.5 Å². The van der Waals surface area contributed by atoms with Crippen LogP contribution in [0, 0.1) is 13.8 Å². The summed E-state index contributed by atoms with van der Waals surface area (Å²) in [6.45, 7) is 3.27. The van der Waals surface area contributed by atoms with E-state index in [1.165, 1.54) is 10.7 Å². The maximum Gasteiger partial charge on any atom is 0.436 e. The molecule has 0 saturated heterocycles. The molecule has 6 nitrogen and oxygen atoms in total. The third kappa shape index (κ3) is 5.53. The van der Waals surface area contributed by atoms with Crippen LogP contribution in [0.5, 0.6) is 0 Å². The maximum atomic E-state index is 13.2. The Morgan fingerprint density at radius 2 is 1.78 bits per heavy atom. The minimum Gasteiger partial charge on any atom is -0.323 e. The molecule has 0 unspecified atom stereocenters. The SMILES string of the molecule is Cc1nn(Cc2cccc(C(F)(F)F)c2)c(C)c1NC(=O)CCn1nc(C(F)(F)F)c(Cl)c1C1CC1. The average molecular weight is 534 g/mol. The highest BCUT2D eigenvalue weighted by molar-refractivity contribution is 6.32. The van der Waals surface area contributed by atoms with Gasteiger partial charge in [0.05, 0.1) is 46.4 Å². The molecule has 4 rings (SSSR count). The molecule has 0 spiro atoms. The fraction of sp³-hybridized carbons (Fsp3) is 0.435. The standard InChI is InChI=1S/C23H22ClF6N5O/c1-12-19(13(2)35(32-12)11-14-4-3-5-16(10-14)22(25,26)27)31-17(36)8-9-34-20(15-6-7-15)18(24)21(33-34)23(28,29)30/h3-5,10,15H,6-9,11H2,1-2H3,(H,31,36). The Labute approximate surface area is 207 Å². The number of hydrogen-bond acceptors (Lipinski definition) is 3. The molecule has 194 valence electrons. The van der Waals surface area contributed by atoms with Crippen molar-refractivity contribution in [3.05, 3.63) is 63.2 Å². The van der Waals surface area contributed by atoms with Crippen LogP contribution >= 0.6 is 11.6 Å². The number of anilines is 1. The first-order valence-corrected chi connectivity index (χ1v) is 11.5. The first-order valence-electron chi connectivity index (χ1n) is 11.1. The van der Waals surface area contributed by atoms with E-state index in [2.05, 4.69) is 15.5 Å². The molecule has 1 N–H and O–H groups in total. The Balaban J connectivity index is 1.46. The van der Waals surface area contributed by atoms with Crippen LogP contribution in [-0.2, 0) is 30.2 Å². The van der Waals surface area contributed by atoms with Crippen molar-refractivity contribution in [2.24, 2.45) is 0 Å². The van der Waals surface area contributed by atoms with Gasteiger partial charge in [-0.25, -0.2) is 0 Å². The summed E-state index contributed by atoms with van der Waals surface area (Å²) >= 11 is 5.96. The van der Waals surface area contributed by atoms with Crippen LogP contribution in [0.2, 0.25) is 5.02 Å². The van der Waals surface area contributed by atoms with E-state index in [-0.39, 0.29) is 31.1 Å². The van der Waals surface area contributed by atoms with Crippen molar-refractivity contribution in [2.75, 3.05) is 5.32 Å². The van der Waals surface area contributed by atoms with Gasteiger partial charge in [-0.05, 0) is 44.4 Å². The van der Waals surface area contributed by atoms with Crippen molar-refractivity contribution >= 4 is 23.2 Å². The predicted octanol–water partition coefficient (Wildman–Crippen LogP) is 6.34. The third-order valence-electron chi connectivity index (χ3n) is 5.95. The van der Waals surface area contributed by atoms with E-state index in [9.17, 15) is 31.1 Å². The van der Waals surface area contributed by atoms with Crippen LogP contribution in [0.3, 0.4) is 0 Å². The van der Waals surface area contributed by atoms with E-state index in [0.29, 0.717) is 35.5 Å². The van der Waals surface area contributed by atoms with Crippen LogP contribution in [-0.4, -0.2) is 25.5 Å². The topological polar surface area (TPSA) is 64.7 Å². The molecule has 1 amide bonds. The molecular formula is C23H22ClF6N5O. The van der Waals surface area contributed by atoms with Gasteiger partial charge in [0, 0.05) is 12.3 Å². The van der Waals surface area contributed by atoms with Crippen LogP contribution in [0.25, 0.3) is 0 Å². The highest BCUT2D eigenvalue weighted by Gasteiger charge is 2.42. The minimum atomic E-state index is -4.70. The van der Waals surface area contributed by atoms with Crippen molar-refractivity contribution < 1.29 is 31.1 Å². The number of nitrogens with zero attached hydrogens (tertiary/aromatic N) is 4. The Bertz CT molecular complexity index is 1290. The summed E-state index contributed by atoms with van der Waals surface area (Å²) in [5.41, 5.74) is 0.118. The maximum absolute atomic E-state index is 13.2. The van der Waals surface area contributed by atoms with Gasteiger partial charge in [0.15, 0.2) is 5.69 Å². The second-order valence-electron chi connectivity index (χ2n) is 8.74. The normalized spacial score (nSPS) is 14.4. The Morgan fingerprint density at radius 3 is 2.39 bits per heavy atom. The van der Waals surface area contributed by atoms with Gasteiger partial charge in [-0.1, -0.05) is 23.7 Å². The molecule has 3 aromatic rings. The van der Waals surface area contributed by atoms with Crippen LogP contribution < -0.4 is 5.32 Å². The minimum absolute atomic E-state index is 0.0587. The highest BCUT2D eigenvalue weighted by atomic mass is 35.5. The van der Waals surface area contributed by atoms with E-state index in [4.69, 9.17) is 11.6 Å². The third-order valence-corrected chi connectivity index (χ3v) is 6.32. The molecule has 0 aliphatic heterocycles. The Morgan fingerprint density at radius 1 is 1.08 bits per heavy atom. The van der Waals surface area contributed by atoms with Gasteiger partial charge in [0.2, 0.25) is 5.91 Å². The molecule has 2 aromatic heterocycles. The number of aryl methyl sites for hydroxylation is 2. The fourth-order valence-electron chi connectivity index (χ4n) is 4.01. The smallest absolute Gasteiger partial charge is 0.323 e. The first-order chi connectivity index (χ1) is 16.8. The van der Waals surface area contributed by atoms with Crippen LogP contribution in [0.15, 0.2) is 24.3 Å². The molecule has 1 aromatic carbocycles. The number of benzene rings is 1. The largest absolute Gasteiger partial charge is 0.436 e. The molecule has 1 aliphatic rings. The summed E-state index contributed by atoms with van der Waals surface area (Å²) < 4.78 is 81.4. The quantitative estimate of drug-likeness (QED) is 0.360. The number of amides is 1. The van der Waals surface area contributed by atoms with E-state index in [1.807, 2.05) is 0 Å². The van der Waals surface area contributed by atoms with E-state index in [0.717, 1.165) is 16.8 Å². The first kappa shape index (κ1) is 26.1. The second-order valence-corrected chi connectivity index (χ2v) is 9.12. The number of carbonyl (C=O) groups is 1. The highest BCUT2D eigenvalue weighted by Crippen LogP contribution is 2.47. The fourth-order valence-corrected chi connectivity index (χ4v) is 4.41. The molecule has 0 bridgehead atoms. The predicted molar refractivity (Wildman–Crippen MR) is 120 cm³/mol. The molecule has 2 heterocycles. The molecule has 0 radical (unpaired) electrons. The Hall–Kier alpha value is -3.02. The number of carbonyl (C=O) groups excluding carboxylic acids is 1. The average Bonchev–Trinajstić information content (AvgIpc) is 3.50. The summed E-state index contributed by atoms with van der Waals surface area (Å²) in [6, 6.07) is 4.88. The number of hydrogen-bond donors (Lipinski definition) is 1. The molecule has 36 heavy (non-hydrogen) atoms. The second kappa shape index (κ2) is 9.45. The van der Waals surface area contributed by atoms with E-state index < -0.39 is 34.5 Å². The zero-order valence-electron chi connectivity index (χ0n) is 19.3. The zero-order valence-corrected chi connectivity index (χ0v) is 20.0. The summed E-state index contributed by atoms with van der Waals surface area (Å²) in [5.74, 6) is -0.579. The lowest BCUT2D eigenvalue weighted by atomic mass is 10.1. The lowest BCUT2D eigenvalue weighted by Crippen LogP contribution is -2.17. The molecule has 1 fully saturated rings. The molecular weight excluding hydrogens is 512 g/mol. The summed E-state index contributed by atoms with van der Waals surface area (Å²) in [4.78, 5) is 12.6. The van der Waals surface area contributed by atoms with Crippen LogP contribution in [0.4, 0.5) is 32.0 Å². The van der Waals surface area contributed by atoms with Crippen LogP contribution in [0.1, 0.15) is 59.1 Å².